The van der Waals surface area contributed by atoms with Gasteiger partial charge in [0.2, 0.25) is 0 Å². The van der Waals surface area contributed by atoms with Crippen LogP contribution in [0.3, 0.4) is 0 Å². The molecule has 1 aromatic heterocycles. The number of nitrogens with one attached hydrogen (secondary N) is 2. The summed E-state index contributed by atoms with van der Waals surface area (Å²) in [5.41, 5.74) is 1.95. The number of aromatic amines is 1. The van der Waals surface area contributed by atoms with Crippen LogP contribution in [0, 0.1) is 5.92 Å². The van der Waals surface area contributed by atoms with E-state index in [1.807, 2.05) is 38.1 Å². The molecule has 6 nitrogen and oxygen atoms in total. The highest BCUT2D eigenvalue weighted by Crippen LogP contribution is 2.21. The van der Waals surface area contributed by atoms with Crippen LogP contribution in [0.4, 0.5) is 0 Å². The van der Waals surface area contributed by atoms with Crippen molar-refractivity contribution in [2.45, 2.75) is 26.3 Å². The Labute approximate surface area is 135 Å². The van der Waals surface area contributed by atoms with Gasteiger partial charge in [-0.2, -0.15) is 5.10 Å². The number of carbonyl (C=O) groups excluding carboxylic acids is 1. The van der Waals surface area contributed by atoms with Crippen molar-refractivity contribution >= 4 is 5.91 Å². The molecular weight excluding hydrogens is 294 g/mol. The Balaban J connectivity index is 2.09. The lowest BCUT2D eigenvalue weighted by Gasteiger charge is -2.21. The Kier molecular flexibility index (Phi) is 5.76. The minimum Gasteiger partial charge on any atom is -0.497 e. The van der Waals surface area contributed by atoms with Crippen LogP contribution in [0.15, 0.2) is 30.3 Å². The first kappa shape index (κ1) is 17.0. The first-order valence-corrected chi connectivity index (χ1v) is 7.70. The summed E-state index contributed by atoms with van der Waals surface area (Å²) in [7, 11) is 1.61. The highest BCUT2D eigenvalue weighted by Gasteiger charge is 2.19. The van der Waals surface area contributed by atoms with Crippen LogP contribution in [-0.2, 0) is 0 Å². The summed E-state index contributed by atoms with van der Waals surface area (Å²) in [6, 6.07) is 8.88. The molecule has 0 radical (unpaired) electrons. The van der Waals surface area contributed by atoms with Gasteiger partial charge in [0.25, 0.3) is 5.91 Å². The van der Waals surface area contributed by atoms with Crippen LogP contribution in [0.1, 0.15) is 30.8 Å². The fourth-order valence-corrected chi connectivity index (χ4v) is 2.25. The van der Waals surface area contributed by atoms with Gasteiger partial charge in [-0.25, -0.2) is 0 Å². The zero-order chi connectivity index (χ0) is 16.8. The summed E-state index contributed by atoms with van der Waals surface area (Å²) in [5, 5.41) is 19.2. The summed E-state index contributed by atoms with van der Waals surface area (Å²) >= 11 is 0. The third-order valence-electron chi connectivity index (χ3n) is 4.05. The number of aromatic nitrogens is 2. The minimum atomic E-state index is -0.267. The van der Waals surface area contributed by atoms with E-state index in [0.717, 1.165) is 17.7 Å². The van der Waals surface area contributed by atoms with Crippen LogP contribution in [0.25, 0.3) is 11.3 Å². The fourth-order valence-electron chi connectivity index (χ4n) is 2.25. The van der Waals surface area contributed by atoms with E-state index in [2.05, 4.69) is 15.5 Å². The van der Waals surface area contributed by atoms with Gasteiger partial charge in [0.1, 0.15) is 11.4 Å². The smallest absolute Gasteiger partial charge is 0.269 e. The van der Waals surface area contributed by atoms with Gasteiger partial charge in [-0.3, -0.25) is 9.89 Å². The fraction of sp³-hybridized carbons (Fsp3) is 0.412. The number of aliphatic hydroxyl groups is 1. The molecule has 6 heteroatoms. The number of hydrogen-bond acceptors (Lipinski definition) is 4. The van der Waals surface area contributed by atoms with Crippen LogP contribution in [-0.4, -0.2) is 41.0 Å². The zero-order valence-corrected chi connectivity index (χ0v) is 13.7. The number of aliphatic hydroxyl groups excluding tert-OH is 1. The van der Waals surface area contributed by atoms with Crippen LogP contribution in [0.5, 0.6) is 5.75 Å². The molecule has 0 fully saturated rings. The monoisotopic (exact) mass is 317 g/mol. The van der Waals surface area contributed by atoms with Gasteiger partial charge in [-0.1, -0.05) is 20.3 Å². The summed E-state index contributed by atoms with van der Waals surface area (Å²) in [4.78, 5) is 12.3. The molecule has 23 heavy (non-hydrogen) atoms. The highest BCUT2D eigenvalue weighted by atomic mass is 16.5. The third-order valence-corrected chi connectivity index (χ3v) is 4.05. The number of rotatable bonds is 7. The molecule has 2 atom stereocenters. The largest absolute Gasteiger partial charge is 0.497 e. The predicted octanol–water partition coefficient (Wildman–Crippen LogP) is 2.22. The lowest BCUT2D eigenvalue weighted by molar-refractivity contribution is 0.0886. The van der Waals surface area contributed by atoms with Gasteiger partial charge >= 0.3 is 0 Å². The number of amides is 1. The first-order chi connectivity index (χ1) is 11.1. The molecule has 0 spiro atoms. The number of methoxy groups -OCH3 is 1. The summed E-state index contributed by atoms with van der Waals surface area (Å²) in [6.07, 6.45) is 0.881. The average molecular weight is 317 g/mol. The lowest BCUT2D eigenvalue weighted by atomic mass is 10.00. The molecule has 3 N–H and O–H groups in total. The molecular formula is C17H23N3O3. The molecule has 0 aliphatic rings. The number of ether oxygens (including phenoxy) is 1. The second-order valence-corrected chi connectivity index (χ2v) is 5.54. The van der Waals surface area contributed by atoms with Crippen molar-refractivity contribution in [2.24, 2.45) is 5.92 Å². The highest BCUT2D eigenvalue weighted by molar-refractivity contribution is 5.93. The molecule has 1 aromatic carbocycles. The van der Waals surface area contributed by atoms with Crippen molar-refractivity contribution in [3.8, 4) is 17.0 Å². The zero-order valence-electron chi connectivity index (χ0n) is 13.7. The van der Waals surface area contributed by atoms with E-state index in [9.17, 15) is 9.90 Å². The Morgan fingerprint density at radius 2 is 2.09 bits per heavy atom. The molecule has 2 rings (SSSR count). The predicted molar refractivity (Wildman–Crippen MR) is 88.4 cm³/mol. The second kappa shape index (κ2) is 7.78. The number of nitrogens with zero attached hydrogens (tertiary/aromatic N) is 1. The van der Waals surface area contributed by atoms with Crippen molar-refractivity contribution in [1.29, 1.82) is 0 Å². The van der Waals surface area contributed by atoms with Gasteiger partial charge in [0, 0.05) is 5.56 Å². The topological polar surface area (TPSA) is 87.2 Å². The van der Waals surface area contributed by atoms with E-state index < -0.39 is 0 Å². The lowest BCUT2D eigenvalue weighted by Crippen LogP contribution is -2.42. The maximum absolute atomic E-state index is 12.3. The van der Waals surface area contributed by atoms with Crippen molar-refractivity contribution in [3.05, 3.63) is 36.0 Å². The third kappa shape index (κ3) is 4.10. The van der Waals surface area contributed by atoms with Crippen molar-refractivity contribution in [3.63, 3.8) is 0 Å². The van der Waals surface area contributed by atoms with Crippen LogP contribution < -0.4 is 10.1 Å². The number of benzene rings is 1. The Hall–Kier alpha value is -2.34. The van der Waals surface area contributed by atoms with E-state index in [-0.39, 0.29) is 24.5 Å². The van der Waals surface area contributed by atoms with Crippen molar-refractivity contribution in [1.82, 2.24) is 15.5 Å². The summed E-state index contributed by atoms with van der Waals surface area (Å²) < 4.78 is 5.12. The number of H-pyrrole nitrogens is 1. The standard InChI is InChI=1S/C17H23N3O3/c1-4-11(2)16(10-21)18-17(22)15-9-14(19-20-15)12-5-7-13(23-3)8-6-12/h5-9,11,16,21H,4,10H2,1-3H3,(H,18,22)(H,19,20). The van der Waals surface area contributed by atoms with Gasteiger partial charge in [0.15, 0.2) is 0 Å². The van der Waals surface area contributed by atoms with E-state index in [4.69, 9.17) is 4.74 Å². The normalized spacial score (nSPS) is 13.4. The van der Waals surface area contributed by atoms with E-state index in [1.54, 1.807) is 13.2 Å². The summed E-state index contributed by atoms with van der Waals surface area (Å²) in [5.74, 6) is 0.700. The second-order valence-electron chi connectivity index (χ2n) is 5.54. The first-order valence-electron chi connectivity index (χ1n) is 7.70. The van der Waals surface area contributed by atoms with Crippen molar-refractivity contribution < 1.29 is 14.6 Å². The van der Waals surface area contributed by atoms with E-state index >= 15 is 0 Å². The van der Waals surface area contributed by atoms with Gasteiger partial charge in [-0.15, -0.1) is 0 Å². The molecule has 0 saturated carbocycles. The SMILES string of the molecule is CCC(C)C(CO)NC(=O)c1cc(-c2ccc(OC)cc2)n[nH]1. The Bertz CT molecular complexity index is 637. The minimum absolute atomic E-state index is 0.0831. The van der Waals surface area contributed by atoms with Gasteiger partial charge in [-0.05, 0) is 36.2 Å². The molecule has 124 valence electrons. The molecule has 2 unspecified atom stereocenters. The quantitative estimate of drug-likeness (QED) is 0.731. The molecule has 1 amide bonds. The van der Waals surface area contributed by atoms with E-state index in [0.29, 0.717) is 11.4 Å². The molecule has 0 aliphatic heterocycles. The number of carbonyl (C=O) groups is 1. The van der Waals surface area contributed by atoms with Crippen molar-refractivity contribution in [2.75, 3.05) is 13.7 Å². The van der Waals surface area contributed by atoms with Gasteiger partial charge < -0.3 is 15.2 Å². The van der Waals surface area contributed by atoms with Crippen LogP contribution in [0.2, 0.25) is 0 Å². The van der Waals surface area contributed by atoms with Gasteiger partial charge in [0.05, 0.1) is 25.5 Å². The molecule has 2 aromatic rings. The maximum atomic E-state index is 12.3. The van der Waals surface area contributed by atoms with Crippen LogP contribution >= 0.6 is 0 Å². The maximum Gasteiger partial charge on any atom is 0.269 e. The Morgan fingerprint density at radius 3 is 2.65 bits per heavy atom. The summed E-state index contributed by atoms with van der Waals surface area (Å²) in [6.45, 7) is 3.94. The van der Waals surface area contributed by atoms with E-state index in [1.165, 1.54) is 0 Å². The molecule has 0 saturated heterocycles. The number of hydrogen-bond donors (Lipinski definition) is 3. The Morgan fingerprint density at radius 1 is 1.39 bits per heavy atom. The molecule has 0 bridgehead atoms. The molecule has 1 heterocycles. The average Bonchev–Trinajstić information content (AvgIpc) is 3.09. The molecule has 0 aliphatic carbocycles.